The summed E-state index contributed by atoms with van der Waals surface area (Å²) >= 11 is 0. The summed E-state index contributed by atoms with van der Waals surface area (Å²) in [4.78, 5) is 4.22. The molecule has 1 heterocycles. The molecule has 0 spiro atoms. The molecular formula is C19H18N4O. The minimum Gasteiger partial charge on any atom is -0.392 e. The van der Waals surface area contributed by atoms with Crippen LogP contribution >= 0.6 is 0 Å². The number of nitrogens with zero attached hydrogens (tertiary/aromatic N) is 3. The van der Waals surface area contributed by atoms with Crippen LogP contribution in [0.1, 0.15) is 34.9 Å². The first-order chi connectivity index (χ1) is 11.8. The number of nitriles is 1. The molecule has 2 atom stereocenters. The molecule has 5 heteroatoms. The summed E-state index contributed by atoms with van der Waals surface area (Å²) in [6, 6.07) is 19.4. The van der Waals surface area contributed by atoms with E-state index in [-0.39, 0.29) is 5.92 Å². The molecule has 3 rings (SSSR count). The van der Waals surface area contributed by atoms with Crippen LogP contribution < -0.4 is 0 Å². The molecule has 2 unspecified atom stereocenters. The zero-order valence-corrected chi connectivity index (χ0v) is 13.1. The third kappa shape index (κ3) is 3.67. The van der Waals surface area contributed by atoms with Gasteiger partial charge in [-0.1, -0.05) is 42.5 Å². The molecule has 2 N–H and O–H groups in total. The van der Waals surface area contributed by atoms with Gasteiger partial charge in [-0.3, -0.25) is 5.10 Å². The molecule has 0 saturated carbocycles. The van der Waals surface area contributed by atoms with Crippen molar-refractivity contribution in [3.63, 3.8) is 0 Å². The maximum atomic E-state index is 10.8. The molecule has 0 radical (unpaired) electrons. The van der Waals surface area contributed by atoms with Gasteiger partial charge in [0.15, 0.2) is 0 Å². The third-order valence-corrected chi connectivity index (χ3v) is 4.08. The van der Waals surface area contributed by atoms with Crippen LogP contribution in [0.4, 0.5) is 0 Å². The van der Waals surface area contributed by atoms with E-state index in [9.17, 15) is 5.11 Å². The van der Waals surface area contributed by atoms with Crippen LogP contribution in [0, 0.1) is 11.3 Å². The van der Waals surface area contributed by atoms with Crippen molar-refractivity contribution in [3.8, 4) is 6.07 Å². The van der Waals surface area contributed by atoms with Gasteiger partial charge in [0.25, 0.3) is 0 Å². The fraction of sp³-hybridized carbons (Fsp3) is 0.211. The van der Waals surface area contributed by atoms with Gasteiger partial charge in [0.1, 0.15) is 12.2 Å². The van der Waals surface area contributed by atoms with Gasteiger partial charge >= 0.3 is 0 Å². The van der Waals surface area contributed by atoms with Gasteiger partial charge in [-0.25, -0.2) is 4.98 Å². The summed E-state index contributed by atoms with van der Waals surface area (Å²) in [6.45, 7) is 0. The number of hydrogen-bond donors (Lipinski definition) is 2. The molecule has 0 aliphatic carbocycles. The first-order valence-electron chi connectivity index (χ1n) is 7.85. The number of aromatic nitrogens is 3. The lowest BCUT2D eigenvalue weighted by Crippen LogP contribution is -2.22. The van der Waals surface area contributed by atoms with E-state index >= 15 is 0 Å². The highest BCUT2D eigenvalue weighted by atomic mass is 16.3. The van der Waals surface area contributed by atoms with Crippen LogP contribution in [0.5, 0.6) is 0 Å². The number of hydrogen-bond acceptors (Lipinski definition) is 4. The van der Waals surface area contributed by atoms with Crippen molar-refractivity contribution in [3.05, 3.63) is 83.4 Å². The van der Waals surface area contributed by atoms with Crippen LogP contribution in [0.2, 0.25) is 0 Å². The van der Waals surface area contributed by atoms with Crippen LogP contribution in [-0.4, -0.2) is 26.4 Å². The monoisotopic (exact) mass is 318 g/mol. The zero-order chi connectivity index (χ0) is 16.8. The van der Waals surface area contributed by atoms with Gasteiger partial charge in [-0.15, -0.1) is 0 Å². The largest absolute Gasteiger partial charge is 0.392 e. The predicted molar refractivity (Wildman–Crippen MR) is 90.2 cm³/mol. The highest BCUT2D eigenvalue weighted by Gasteiger charge is 2.25. The maximum absolute atomic E-state index is 10.8. The number of benzene rings is 2. The quantitative estimate of drug-likeness (QED) is 0.732. The molecule has 0 bridgehead atoms. The van der Waals surface area contributed by atoms with Crippen LogP contribution in [0.15, 0.2) is 60.9 Å². The lowest BCUT2D eigenvalue weighted by Gasteiger charge is -2.21. The van der Waals surface area contributed by atoms with Gasteiger partial charge in [-0.05, 0) is 36.1 Å². The van der Waals surface area contributed by atoms with Crippen molar-refractivity contribution in [1.82, 2.24) is 15.2 Å². The fourth-order valence-electron chi connectivity index (χ4n) is 2.82. The van der Waals surface area contributed by atoms with Gasteiger partial charge in [0, 0.05) is 0 Å². The van der Waals surface area contributed by atoms with E-state index in [1.165, 1.54) is 11.9 Å². The molecule has 0 aliphatic rings. The normalized spacial score (nSPS) is 13.2. The van der Waals surface area contributed by atoms with Crippen molar-refractivity contribution in [2.75, 3.05) is 0 Å². The number of aromatic amines is 1. The van der Waals surface area contributed by atoms with Crippen molar-refractivity contribution in [1.29, 1.82) is 5.26 Å². The molecule has 5 nitrogen and oxygen atoms in total. The summed E-state index contributed by atoms with van der Waals surface area (Å²) in [5.74, 6) is 0.323. The minimum absolute atomic E-state index is 0.302. The zero-order valence-electron chi connectivity index (χ0n) is 13.1. The Balaban J connectivity index is 1.80. The Morgan fingerprint density at radius 3 is 2.46 bits per heavy atom. The van der Waals surface area contributed by atoms with Gasteiger partial charge in [0.05, 0.1) is 23.7 Å². The molecule has 1 aromatic heterocycles. The number of aryl methyl sites for hydroxylation is 1. The van der Waals surface area contributed by atoms with E-state index in [0.717, 1.165) is 12.0 Å². The molecule has 0 amide bonds. The molecule has 120 valence electrons. The fourth-order valence-corrected chi connectivity index (χ4v) is 2.82. The number of H-pyrrole nitrogens is 1. The van der Waals surface area contributed by atoms with E-state index in [2.05, 4.69) is 33.4 Å². The first kappa shape index (κ1) is 15.9. The number of rotatable bonds is 6. The van der Waals surface area contributed by atoms with Crippen molar-refractivity contribution < 1.29 is 5.11 Å². The molecule has 3 aromatic rings. The Hall–Kier alpha value is -2.97. The lowest BCUT2D eigenvalue weighted by molar-refractivity contribution is 0.144. The Labute approximate surface area is 140 Å². The molecule has 0 aliphatic heterocycles. The van der Waals surface area contributed by atoms with Gasteiger partial charge in [-0.2, -0.15) is 10.4 Å². The van der Waals surface area contributed by atoms with Crippen LogP contribution in [0.25, 0.3) is 0 Å². The first-order valence-corrected chi connectivity index (χ1v) is 7.85. The summed E-state index contributed by atoms with van der Waals surface area (Å²) in [6.07, 6.45) is 2.22. The van der Waals surface area contributed by atoms with Crippen molar-refractivity contribution in [2.45, 2.75) is 24.9 Å². The highest BCUT2D eigenvalue weighted by molar-refractivity contribution is 5.35. The van der Waals surface area contributed by atoms with E-state index < -0.39 is 6.10 Å². The van der Waals surface area contributed by atoms with Crippen LogP contribution in [-0.2, 0) is 6.42 Å². The topological polar surface area (TPSA) is 85.6 Å². The number of aliphatic hydroxyl groups excluding tert-OH is 1. The smallest absolute Gasteiger partial charge is 0.137 e. The third-order valence-electron chi connectivity index (χ3n) is 4.08. The van der Waals surface area contributed by atoms with Gasteiger partial charge < -0.3 is 5.11 Å². The Morgan fingerprint density at radius 2 is 1.83 bits per heavy atom. The van der Waals surface area contributed by atoms with E-state index in [0.29, 0.717) is 17.8 Å². The Morgan fingerprint density at radius 1 is 1.08 bits per heavy atom. The maximum Gasteiger partial charge on any atom is 0.137 e. The summed E-state index contributed by atoms with van der Waals surface area (Å²) in [5.41, 5.74) is 2.69. The summed E-state index contributed by atoms with van der Waals surface area (Å²) in [7, 11) is 0. The van der Waals surface area contributed by atoms with Gasteiger partial charge in [0.2, 0.25) is 0 Å². The van der Waals surface area contributed by atoms with E-state index in [4.69, 9.17) is 5.26 Å². The van der Waals surface area contributed by atoms with Crippen LogP contribution in [0.3, 0.4) is 0 Å². The molecule has 24 heavy (non-hydrogen) atoms. The Kier molecular flexibility index (Phi) is 4.99. The van der Waals surface area contributed by atoms with Crippen molar-refractivity contribution >= 4 is 0 Å². The second kappa shape index (κ2) is 7.53. The second-order valence-corrected chi connectivity index (χ2v) is 5.67. The average Bonchev–Trinajstić information content (AvgIpc) is 3.16. The number of nitrogens with one attached hydrogen (secondary N) is 1. The summed E-state index contributed by atoms with van der Waals surface area (Å²) < 4.78 is 0. The summed E-state index contributed by atoms with van der Waals surface area (Å²) in [5, 5.41) is 26.5. The van der Waals surface area contributed by atoms with E-state index in [1.54, 1.807) is 12.1 Å². The molecule has 2 aromatic carbocycles. The van der Waals surface area contributed by atoms with E-state index in [1.807, 2.05) is 30.3 Å². The second-order valence-electron chi connectivity index (χ2n) is 5.67. The minimum atomic E-state index is -0.605. The number of aliphatic hydroxyl groups is 1. The highest BCUT2D eigenvalue weighted by Crippen LogP contribution is 2.28. The SMILES string of the molecule is N#Cc1ccc(C(c2ncn[nH]2)C(O)CCc2ccccc2)cc1. The lowest BCUT2D eigenvalue weighted by atomic mass is 9.89. The average molecular weight is 318 g/mol. The molecule has 0 fully saturated rings. The molecule has 0 saturated heterocycles. The standard InChI is InChI=1S/C19H18N4O/c20-12-15-6-9-16(10-7-15)18(19-21-13-22-23-19)17(24)11-8-14-4-2-1-3-5-14/h1-7,9-10,13,17-18,24H,8,11H2,(H,21,22,23). The molecular weight excluding hydrogens is 300 g/mol. The Bertz CT molecular complexity index is 792. The van der Waals surface area contributed by atoms with Crippen molar-refractivity contribution in [2.24, 2.45) is 0 Å². The predicted octanol–water partition coefficient (Wildman–Crippen LogP) is 2.80.